The van der Waals surface area contributed by atoms with Gasteiger partial charge in [0.25, 0.3) is 5.89 Å². The van der Waals surface area contributed by atoms with E-state index in [4.69, 9.17) is 14.0 Å². The second kappa shape index (κ2) is 8.22. The van der Waals surface area contributed by atoms with E-state index in [0.29, 0.717) is 23.2 Å². The Morgan fingerprint density at radius 2 is 1.42 bits per heavy atom. The van der Waals surface area contributed by atoms with E-state index in [1.807, 2.05) is 48.5 Å². The van der Waals surface area contributed by atoms with Crippen LogP contribution in [-0.2, 0) is 5.41 Å². The van der Waals surface area contributed by atoms with Crippen molar-refractivity contribution >= 4 is 0 Å². The minimum absolute atomic E-state index is 0.0865. The molecular weight excluding hydrogens is 390 g/mol. The van der Waals surface area contributed by atoms with Crippen LogP contribution < -0.4 is 9.47 Å². The summed E-state index contributed by atoms with van der Waals surface area (Å²) < 4.78 is 16.2. The van der Waals surface area contributed by atoms with Crippen LogP contribution in [-0.4, -0.2) is 29.3 Å². The van der Waals surface area contributed by atoms with Crippen molar-refractivity contribution in [3.8, 4) is 45.7 Å². The van der Waals surface area contributed by atoms with Crippen LogP contribution in [0.1, 0.15) is 26.3 Å². The Labute approximate surface area is 181 Å². The van der Waals surface area contributed by atoms with E-state index in [0.717, 1.165) is 22.6 Å². The van der Waals surface area contributed by atoms with Crippen LogP contribution in [0, 0.1) is 0 Å². The maximum Gasteiger partial charge on any atom is 0.258 e. The summed E-state index contributed by atoms with van der Waals surface area (Å²) in [6, 6.07) is 19.7. The molecule has 158 valence electrons. The summed E-state index contributed by atoms with van der Waals surface area (Å²) in [5.74, 6) is 2.11. The molecule has 0 fully saturated rings. The predicted molar refractivity (Wildman–Crippen MR) is 120 cm³/mol. The Kier molecular flexibility index (Phi) is 5.46. The van der Waals surface area contributed by atoms with Gasteiger partial charge in [-0.3, -0.25) is 0 Å². The van der Waals surface area contributed by atoms with Crippen LogP contribution in [0.2, 0.25) is 0 Å². The first-order valence-electron chi connectivity index (χ1n) is 10.0. The topological polar surface area (TPSA) is 70.3 Å². The molecule has 0 amide bonds. The SMILES string of the molecule is COc1ccc(-c2ccc(-c3noc(-c4ccc(C(C)(C)C)cc4)n3)c(OC)n2)cc1. The third-order valence-electron chi connectivity index (χ3n) is 5.10. The Morgan fingerprint density at radius 3 is 2.03 bits per heavy atom. The lowest BCUT2D eigenvalue weighted by Gasteiger charge is -2.18. The summed E-state index contributed by atoms with van der Waals surface area (Å²) >= 11 is 0. The molecule has 0 spiro atoms. The van der Waals surface area contributed by atoms with E-state index < -0.39 is 0 Å². The number of aromatic nitrogens is 3. The Hall–Kier alpha value is -3.67. The van der Waals surface area contributed by atoms with Crippen LogP contribution in [0.15, 0.2) is 65.2 Å². The third kappa shape index (κ3) is 4.28. The number of hydrogen-bond acceptors (Lipinski definition) is 6. The maximum absolute atomic E-state index is 5.52. The number of rotatable bonds is 5. The fourth-order valence-electron chi connectivity index (χ4n) is 3.25. The molecule has 0 saturated heterocycles. The van der Waals surface area contributed by atoms with Gasteiger partial charge in [0.1, 0.15) is 5.75 Å². The van der Waals surface area contributed by atoms with Crippen molar-refractivity contribution in [3.05, 3.63) is 66.2 Å². The summed E-state index contributed by atoms with van der Waals surface area (Å²) in [6.07, 6.45) is 0. The highest BCUT2D eigenvalue weighted by atomic mass is 16.5. The van der Waals surface area contributed by atoms with Gasteiger partial charge >= 0.3 is 0 Å². The molecule has 0 unspecified atom stereocenters. The van der Waals surface area contributed by atoms with E-state index in [-0.39, 0.29) is 5.41 Å². The van der Waals surface area contributed by atoms with Gasteiger partial charge in [0.15, 0.2) is 0 Å². The van der Waals surface area contributed by atoms with Gasteiger partial charge in [0.2, 0.25) is 11.7 Å². The zero-order valence-corrected chi connectivity index (χ0v) is 18.3. The molecule has 6 nitrogen and oxygen atoms in total. The lowest BCUT2D eigenvalue weighted by atomic mass is 9.87. The smallest absolute Gasteiger partial charge is 0.258 e. The average molecular weight is 415 g/mol. The highest BCUT2D eigenvalue weighted by Gasteiger charge is 2.18. The van der Waals surface area contributed by atoms with Crippen LogP contribution >= 0.6 is 0 Å². The molecule has 6 heteroatoms. The van der Waals surface area contributed by atoms with Crippen molar-refractivity contribution in [1.29, 1.82) is 0 Å². The number of pyridine rings is 1. The number of benzene rings is 2. The molecule has 2 aromatic heterocycles. The second-order valence-corrected chi connectivity index (χ2v) is 8.23. The highest BCUT2D eigenvalue weighted by molar-refractivity contribution is 5.69. The monoisotopic (exact) mass is 415 g/mol. The van der Waals surface area contributed by atoms with Crippen molar-refractivity contribution < 1.29 is 14.0 Å². The van der Waals surface area contributed by atoms with Crippen molar-refractivity contribution in [2.75, 3.05) is 14.2 Å². The van der Waals surface area contributed by atoms with E-state index in [9.17, 15) is 0 Å². The molecule has 0 aliphatic heterocycles. The van der Waals surface area contributed by atoms with Crippen molar-refractivity contribution in [3.63, 3.8) is 0 Å². The normalized spacial score (nSPS) is 11.4. The fourth-order valence-corrected chi connectivity index (χ4v) is 3.25. The summed E-state index contributed by atoms with van der Waals surface area (Å²) in [4.78, 5) is 9.19. The van der Waals surface area contributed by atoms with Crippen LogP contribution in [0.5, 0.6) is 11.6 Å². The minimum atomic E-state index is 0.0865. The molecule has 0 radical (unpaired) electrons. The number of hydrogen-bond donors (Lipinski definition) is 0. The molecule has 0 bridgehead atoms. The largest absolute Gasteiger partial charge is 0.497 e. The molecule has 0 aliphatic rings. The Morgan fingerprint density at radius 1 is 0.742 bits per heavy atom. The van der Waals surface area contributed by atoms with Crippen LogP contribution in [0.4, 0.5) is 0 Å². The zero-order valence-electron chi connectivity index (χ0n) is 18.3. The van der Waals surface area contributed by atoms with Crippen molar-refractivity contribution in [2.24, 2.45) is 0 Å². The van der Waals surface area contributed by atoms with Crippen molar-refractivity contribution in [1.82, 2.24) is 15.1 Å². The van der Waals surface area contributed by atoms with E-state index in [1.54, 1.807) is 14.2 Å². The summed E-state index contributed by atoms with van der Waals surface area (Å²) in [5, 5.41) is 4.15. The fraction of sp³-hybridized carbons (Fsp3) is 0.240. The van der Waals surface area contributed by atoms with Gasteiger partial charge in [-0.2, -0.15) is 4.98 Å². The molecule has 4 rings (SSSR count). The van der Waals surface area contributed by atoms with Gasteiger partial charge in [0.05, 0.1) is 25.5 Å². The van der Waals surface area contributed by atoms with Gasteiger partial charge in [-0.25, -0.2) is 4.98 Å². The second-order valence-electron chi connectivity index (χ2n) is 8.23. The maximum atomic E-state index is 5.52. The number of nitrogens with zero attached hydrogens (tertiary/aromatic N) is 3. The van der Waals surface area contributed by atoms with Crippen molar-refractivity contribution in [2.45, 2.75) is 26.2 Å². The molecule has 0 N–H and O–H groups in total. The first kappa shape index (κ1) is 20.6. The molecule has 2 heterocycles. The standard InChI is InChI=1S/C25H25N3O3/c1-25(2,3)18-10-6-17(7-11-18)23-27-22(28-31-23)20-14-15-21(26-24(20)30-5)16-8-12-19(29-4)13-9-16/h6-15H,1-5H3. The molecular formula is C25H25N3O3. The summed E-state index contributed by atoms with van der Waals surface area (Å²) in [6.45, 7) is 6.55. The molecule has 0 aliphatic carbocycles. The first-order chi connectivity index (χ1) is 14.9. The lowest BCUT2D eigenvalue weighted by molar-refractivity contribution is 0.398. The molecule has 0 atom stereocenters. The molecule has 31 heavy (non-hydrogen) atoms. The molecule has 4 aromatic rings. The highest BCUT2D eigenvalue weighted by Crippen LogP contribution is 2.32. The van der Waals surface area contributed by atoms with Gasteiger partial charge in [-0.15, -0.1) is 0 Å². The van der Waals surface area contributed by atoms with E-state index in [2.05, 4.69) is 48.0 Å². The Bertz CT molecular complexity index is 1170. The number of methoxy groups -OCH3 is 2. The van der Waals surface area contributed by atoms with Gasteiger partial charge in [-0.05, 0) is 59.5 Å². The summed E-state index contributed by atoms with van der Waals surface area (Å²) in [5.41, 5.74) is 4.61. The average Bonchev–Trinajstić information content (AvgIpc) is 3.28. The van der Waals surface area contributed by atoms with Gasteiger partial charge in [0, 0.05) is 11.1 Å². The molecule has 0 saturated carbocycles. The van der Waals surface area contributed by atoms with E-state index >= 15 is 0 Å². The van der Waals surface area contributed by atoms with Crippen LogP contribution in [0.3, 0.4) is 0 Å². The summed E-state index contributed by atoms with van der Waals surface area (Å²) in [7, 11) is 3.22. The lowest BCUT2D eigenvalue weighted by Crippen LogP contribution is -2.10. The quantitative estimate of drug-likeness (QED) is 0.411. The van der Waals surface area contributed by atoms with E-state index in [1.165, 1.54) is 5.56 Å². The van der Waals surface area contributed by atoms with Gasteiger partial charge in [-0.1, -0.05) is 38.1 Å². The first-order valence-corrected chi connectivity index (χ1v) is 10.0. The zero-order chi connectivity index (χ0) is 22.0. The minimum Gasteiger partial charge on any atom is -0.497 e. The third-order valence-corrected chi connectivity index (χ3v) is 5.10. The molecule has 2 aromatic carbocycles. The predicted octanol–water partition coefficient (Wildman–Crippen LogP) is 5.78. The van der Waals surface area contributed by atoms with Gasteiger partial charge < -0.3 is 14.0 Å². The Balaban J connectivity index is 1.63. The number of ether oxygens (including phenoxy) is 2. The van der Waals surface area contributed by atoms with Crippen LogP contribution in [0.25, 0.3) is 34.1 Å².